The number of nitrogens with zero attached hydrogens (tertiary/aromatic N) is 1. The molecule has 2 aromatic rings. The summed E-state index contributed by atoms with van der Waals surface area (Å²) >= 11 is 3.15. The second kappa shape index (κ2) is 9.84. The molecule has 0 aliphatic carbocycles. The first kappa shape index (κ1) is 21.4. The maximum Gasteiger partial charge on any atom is 0.338 e. The van der Waals surface area contributed by atoms with Crippen LogP contribution in [0.4, 0.5) is 11.4 Å². The quantitative estimate of drug-likeness (QED) is 0.367. The van der Waals surface area contributed by atoms with Gasteiger partial charge in [-0.25, -0.2) is 4.79 Å². The minimum atomic E-state index is -0.645. The number of esters is 1. The Kier molecular flexibility index (Phi) is 7.51. The van der Waals surface area contributed by atoms with E-state index < -0.39 is 23.4 Å². The summed E-state index contributed by atoms with van der Waals surface area (Å²) in [7, 11) is 0. The maximum atomic E-state index is 12.0. The summed E-state index contributed by atoms with van der Waals surface area (Å²) in [4.78, 5) is 34.2. The molecule has 0 aliphatic heterocycles. The number of rotatable bonds is 8. The second-order valence-corrected chi connectivity index (χ2v) is 7.13. The highest BCUT2D eigenvalue weighted by Gasteiger charge is 2.14. The lowest BCUT2D eigenvalue weighted by atomic mass is 10.2. The first-order chi connectivity index (χ1) is 13.3. The minimum Gasteiger partial charge on any atom is -0.493 e. The number of non-ortho nitro benzene ring substituents is 1. The Balaban J connectivity index is 1.87. The summed E-state index contributed by atoms with van der Waals surface area (Å²) < 4.78 is 10.9. The number of halogens is 1. The molecule has 0 heterocycles. The summed E-state index contributed by atoms with van der Waals surface area (Å²) in [5, 5.41) is 13.2. The van der Waals surface area contributed by atoms with Crippen molar-refractivity contribution in [3.05, 3.63) is 62.6 Å². The first-order valence-electron chi connectivity index (χ1n) is 8.40. The molecule has 2 rings (SSSR count). The van der Waals surface area contributed by atoms with Gasteiger partial charge in [0.05, 0.1) is 22.8 Å². The van der Waals surface area contributed by atoms with E-state index in [9.17, 15) is 19.7 Å². The third kappa shape index (κ3) is 6.34. The van der Waals surface area contributed by atoms with Crippen molar-refractivity contribution < 1.29 is 24.0 Å². The zero-order chi connectivity index (χ0) is 20.7. The molecule has 1 N–H and O–H groups in total. The molecule has 2 aromatic carbocycles. The minimum absolute atomic E-state index is 0.114. The van der Waals surface area contributed by atoms with E-state index in [2.05, 4.69) is 21.2 Å². The predicted octanol–water partition coefficient (Wildman–Crippen LogP) is 4.19. The summed E-state index contributed by atoms with van der Waals surface area (Å²) in [5.74, 6) is -0.182. The summed E-state index contributed by atoms with van der Waals surface area (Å²) in [6.45, 7) is 4.15. The van der Waals surface area contributed by atoms with Crippen molar-refractivity contribution in [1.29, 1.82) is 0 Å². The fourth-order valence-electron chi connectivity index (χ4n) is 2.07. The predicted molar refractivity (Wildman–Crippen MR) is 106 cm³/mol. The summed E-state index contributed by atoms with van der Waals surface area (Å²) in [5.41, 5.74) is 0.511. The number of nitro groups is 1. The van der Waals surface area contributed by atoms with Crippen LogP contribution in [0.2, 0.25) is 0 Å². The van der Waals surface area contributed by atoms with Crippen molar-refractivity contribution in [2.75, 3.05) is 18.5 Å². The lowest BCUT2D eigenvalue weighted by Gasteiger charge is -2.10. The summed E-state index contributed by atoms with van der Waals surface area (Å²) in [6.07, 6.45) is 0. The lowest BCUT2D eigenvalue weighted by molar-refractivity contribution is -0.384. The van der Waals surface area contributed by atoms with E-state index >= 15 is 0 Å². The van der Waals surface area contributed by atoms with Gasteiger partial charge in [0.1, 0.15) is 5.75 Å². The summed E-state index contributed by atoms with van der Waals surface area (Å²) in [6, 6.07) is 10.4. The van der Waals surface area contributed by atoms with Crippen LogP contribution >= 0.6 is 15.9 Å². The van der Waals surface area contributed by atoms with E-state index in [1.54, 1.807) is 24.3 Å². The largest absolute Gasteiger partial charge is 0.493 e. The molecule has 0 radical (unpaired) electrons. The Hall–Kier alpha value is -2.94. The van der Waals surface area contributed by atoms with E-state index in [4.69, 9.17) is 9.47 Å². The Morgan fingerprint density at radius 2 is 1.86 bits per heavy atom. The van der Waals surface area contributed by atoms with E-state index in [1.807, 2.05) is 13.8 Å². The van der Waals surface area contributed by atoms with Crippen LogP contribution in [-0.4, -0.2) is 30.0 Å². The van der Waals surface area contributed by atoms with Gasteiger partial charge in [0.15, 0.2) is 6.61 Å². The van der Waals surface area contributed by atoms with Gasteiger partial charge >= 0.3 is 5.97 Å². The number of ether oxygens (including phenoxy) is 2. The van der Waals surface area contributed by atoms with Crippen LogP contribution in [-0.2, 0) is 9.53 Å². The van der Waals surface area contributed by atoms with Gasteiger partial charge in [0, 0.05) is 16.6 Å². The fourth-order valence-corrected chi connectivity index (χ4v) is 2.54. The highest BCUT2D eigenvalue weighted by Crippen LogP contribution is 2.27. The van der Waals surface area contributed by atoms with Gasteiger partial charge in [-0.2, -0.15) is 0 Å². The zero-order valence-electron chi connectivity index (χ0n) is 15.3. The van der Waals surface area contributed by atoms with Crippen LogP contribution < -0.4 is 10.1 Å². The number of hydrogen-bond acceptors (Lipinski definition) is 6. The highest BCUT2D eigenvalue weighted by molar-refractivity contribution is 9.10. The Morgan fingerprint density at radius 3 is 2.43 bits per heavy atom. The molecular weight excluding hydrogens is 432 g/mol. The number of nitro benzene ring substituents is 1. The molecule has 0 atom stereocenters. The van der Waals surface area contributed by atoms with E-state index in [0.717, 1.165) is 0 Å². The van der Waals surface area contributed by atoms with Crippen LogP contribution in [0.5, 0.6) is 5.75 Å². The molecule has 8 nitrogen and oxygen atoms in total. The fraction of sp³-hybridized carbons (Fsp3) is 0.263. The number of amides is 1. The van der Waals surface area contributed by atoms with Gasteiger partial charge in [-0.05, 0) is 52.2 Å². The molecular formula is C19H19BrN2O6. The number of hydrogen-bond donors (Lipinski definition) is 1. The molecule has 0 saturated carbocycles. The smallest absolute Gasteiger partial charge is 0.338 e. The van der Waals surface area contributed by atoms with Crippen LogP contribution in [0.15, 0.2) is 46.9 Å². The number of benzene rings is 2. The maximum absolute atomic E-state index is 12.0. The number of carbonyl (C=O) groups is 2. The van der Waals surface area contributed by atoms with Gasteiger partial charge in [0.2, 0.25) is 0 Å². The van der Waals surface area contributed by atoms with Crippen molar-refractivity contribution in [2.24, 2.45) is 5.92 Å². The molecule has 0 saturated heterocycles. The standard InChI is InChI=1S/C19H19BrN2O6/c1-12(2)10-27-15-6-3-13(4-7-15)19(24)28-11-18(23)21-17-8-5-14(22(25)26)9-16(17)20/h3-9,12H,10-11H2,1-2H3,(H,21,23). The van der Waals surface area contributed by atoms with Crippen molar-refractivity contribution in [3.8, 4) is 5.75 Å². The molecule has 0 fully saturated rings. The Labute approximate surface area is 170 Å². The van der Waals surface area contributed by atoms with Crippen LogP contribution in [0.1, 0.15) is 24.2 Å². The lowest BCUT2D eigenvalue weighted by Crippen LogP contribution is -2.21. The second-order valence-electron chi connectivity index (χ2n) is 6.27. The molecule has 0 bridgehead atoms. The normalized spacial score (nSPS) is 10.4. The average Bonchev–Trinajstić information content (AvgIpc) is 2.66. The molecule has 1 amide bonds. The highest BCUT2D eigenvalue weighted by atomic mass is 79.9. The molecule has 148 valence electrons. The van der Waals surface area contributed by atoms with Crippen molar-refractivity contribution in [2.45, 2.75) is 13.8 Å². The first-order valence-corrected chi connectivity index (χ1v) is 9.19. The van der Waals surface area contributed by atoms with Crippen LogP contribution in [0, 0.1) is 16.0 Å². The Morgan fingerprint density at radius 1 is 1.18 bits per heavy atom. The molecule has 0 aromatic heterocycles. The number of carbonyl (C=O) groups excluding carboxylic acids is 2. The SMILES string of the molecule is CC(C)COc1ccc(C(=O)OCC(=O)Nc2ccc([N+](=O)[O-])cc2Br)cc1. The van der Waals surface area contributed by atoms with Crippen molar-refractivity contribution >= 4 is 39.2 Å². The van der Waals surface area contributed by atoms with E-state index in [-0.39, 0.29) is 5.69 Å². The topological polar surface area (TPSA) is 108 Å². The van der Waals surface area contributed by atoms with Gasteiger partial charge in [-0.1, -0.05) is 13.8 Å². The van der Waals surface area contributed by atoms with Crippen LogP contribution in [0.3, 0.4) is 0 Å². The van der Waals surface area contributed by atoms with E-state index in [1.165, 1.54) is 18.2 Å². The average molecular weight is 451 g/mol. The van der Waals surface area contributed by atoms with Gasteiger partial charge in [-0.15, -0.1) is 0 Å². The third-order valence-corrected chi connectivity index (χ3v) is 4.10. The monoisotopic (exact) mass is 450 g/mol. The Bertz CT molecular complexity index is 867. The van der Waals surface area contributed by atoms with Gasteiger partial charge < -0.3 is 14.8 Å². The zero-order valence-corrected chi connectivity index (χ0v) is 16.9. The van der Waals surface area contributed by atoms with Crippen molar-refractivity contribution in [3.63, 3.8) is 0 Å². The molecule has 9 heteroatoms. The van der Waals surface area contributed by atoms with Crippen LogP contribution in [0.25, 0.3) is 0 Å². The van der Waals surface area contributed by atoms with Gasteiger partial charge in [-0.3, -0.25) is 14.9 Å². The molecule has 0 spiro atoms. The van der Waals surface area contributed by atoms with Crippen molar-refractivity contribution in [1.82, 2.24) is 0 Å². The van der Waals surface area contributed by atoms with Gasteiger partial charge in [0.25, 0.3) is 11.6 Å². The molecule has 28 heavy (non-hydrogen) atoms. The third-order valence-electron chi connectivity index (χ3n) is 3.45. The molecule has 0 unspecified atom stereocenters. The number of anilines is 1. The molecule has 0 aliphatic rings. The van der Waals surface area contributed by atoms with E-state index in [0.29, 0.717) is 34.0 Å². The number of nitrogens with one attached hydrogen (secondary N) is 1.